The summed E-state index contributed by atoms with van der Waals surface area (Å²) in [5.41, 5.74) is 18.4. The van der Waals surface area contributed by atoms with E-state index in [1.54, 1.807) is 32.9 Å². The molecule has 1 aromatic carbocycles. The summed E-state index contributed by atoms with van der Waals surface area (Å²) in [6.45, 7) is -2.84. The van der Waals surface area contributed by atoms with Crippen molar-refractivity contribution in [1.82, 2.24) is 60.3 Å². The molecule has 0 radical (unpaired) electrons. The minimum Gasteiger partial charge on any atom is -0.445 e. The number of rotatable bonds is 19. The highest BCUT2D eigenvalue weighted by molar-refractivity contribution is 8.44. The van der Waals surface area contributed by atoms with Crippen molar-refractivity contribution < 1.29 is 84.1 Å². The molecule has 3 aliphatic heterocycles. The SMILES string of the molecule is CCC(=O)N[C@H](C(=O)N[C@@H](CCCNC(N)=O)C(=O)Nc1ccc(COC(=O)N[C@@H](C)[C@H](C)OC(=O)O[C@@H]2[C@@H]3O[P@](=O)(S)OC[C@H]4O[C@@H](n5cnc6c(N)ncnc65)[C@H](F)[C@@H]4O[P@](=O)(S)OC[C@H]3O[C@H]2n2cnc3c(N)ncnc32)cc1)C(C)C. The van der Waals surface area contributed by atoms with Crippen molar-refractivity contribution in [3.05, 3.63) is 55.1 Å². The maximum absolute atomic E-state index is 16.5. The van der Waals surface area contributed by atoms with Crippen LogP contribution in [0.25, 0.3) is 22.3 Å². The molecular weight excluding hydrogens is 1210 g/mol. The second-order valence-electron chi connectivity index (χ2n) is 19.9. The normalized spacial score (nSPS) is 26.5. The van der Waals surface area contributed by atoms with E-state index in [-0.39, 0.29) is 78.2 Å². The number of nitrogens with zero attached hydrogens (tertiary/aromatic N) is 8. The molecule has 8 rings (SSSR count). The number of amides is 6. The number of halogens is 1. The first kappa shape index (κ1) is 64.0. The highest BCUT2D eigenvalue weighted by Gasteiger charge is 2.56. The third-order valence-corrected chi connectivity index (χ3v) is 16.8. The number of benzene rings is 1. The summed E-state index contributed by atoms with van der Waals surface area (Å²) in [5, 5.41) is 13.1. The van der Waals surface area contributed by atoms with Crippen LogP contribution in [0.15, 0.2) is 49.6 Å². The molecule has 0 spiro atoms. The van der Waals surface area contributed by atoms with Gasteiger partial charge in [0, 0.05) is 18.7 Å². The maximum Gasteiger partial charge on any atom is 0.509 e. The van der Waals surface area contributed by atoms with Gasteiger partial charge >= 0.3 is 31.9 Å². The van der Waals surface area contributed by atoms with Gasteiger partial charge in [0.05, 0.1) is 31.9 Å². The third-order valence-electron chi connectivity index (χ3n) is 13.5. The minimum atomic E-state index is -4.66. The van der Waals surface area contributed by atoms with Crippen LogP contribution in [0.1, 0.15) is 71.9 Å². The molecule has 5 aromatic rings. The van der Waals surface area contributed by atoms with Gasteiger partial charge in [-0.15, -0.1) is 0 Å². The Hall–Kier alpha value is -7.01. The molecule has 6 amide bonds. The van der Waals surface area contributed by atoms with E-state index in [0.29, 0.717) is 11.3 Å². The molecule has 462 valence electrons. The van der Waals surface area contributed by atoms with Crippen LogP contribution < -0.4 is 43.8 Å². The minimum absolute atomic E-state index is 0.000263. The van der Waals surface area contributed by atoms with Crippen LogP contribution in [0.5, 0.6) is 0 Å². The van der Waals surface area contributed by atoms with Gasteiger partial charge in [0.1, 0.15) is 72.9 Å². The molecule has 33 nitrogen and oxygen atoms in total. The van der Waals surface area contributed by atoms with Crippen molar-refractivity contribution in [3.63, 3.8) is 0 Å². The van der Waals surface area contributed by atoms with Gasteiger partial charge in [0.2, 0.25) is 17.7 Å². The summed E-state index contributed by atoms with van der Waals surface area (Å²) in [5.74, 6) is -1.84. The number of hydrogen-bond acceptors (Lipinski definition) is 25. The van der Waals surface area contributed by atoms with Gasteiger partial charge in [-0.05, 0) is 50.3 Å². The highest BCUT2D eigenvalue weighted by Crippen LogP contribution is 2.61. The monoisotopic (exact) mass is 1270 g/mol. The van der Waals surface area contributed by atoms with E-state index >= 15 is 4.39 Å². The van der Waals surface area contributed by atoms with Crippen LogP contribution in [0.3, 0.4) is 0 Å². The largest absolute Gasteiger partial charge is 0.509 e. The molecule has 11 N–H and O–H groups in total. The second-order valence-corrected chi connectivity index (χ2v) is 25.6. The number of nitrogen functional groups attached to an aromatic ring is 2. The van der Waals surface area contributed by atoms with Crippen LogP contribution in [0, 0.1) is 5.92 Å². The Balaban J connectivity index is 0.901. The Morgan fingerprint density at radius 3 is 1.95 bits per heavy atom. The summed E-state index contributed by atoms with van der Waals surface area (Å²) >= 11 is 8.33. The second kappa shape index (κ2) is 27.6. The topological polar surface area (TPSA) is 445 Å². The lowest BCUT2D eigenvalue weighted by molar-refractivity contribution is -0.132. The van der Waals surface area contributed by atoms with Crippen LogP contribution >= 0.6 is 38.1 Å². The quantitative estimate of drug-likeness (QED) is 0.0245. The molecule has 0 aliphatic carbocycles. The van der Waals surface area contributed by atoms with Gasteiger partial charge in [-0.2, -0.15) is 0 Å². The number of carbonyl (C=O) groups excluding carboxylic acids is 6. The maximum atomic E-state index is 16.5. The molecule has 0 unspecified atom stereocenters. The average molecular weight is 1270 g/mol. The number of primary amides is 1. The van der Waals surface area contributed by atoms with Crippen molar-refractivity contribution >= 4 is 114 Å². The van der Waals surface area contributed by atoms with E-state index in [1.807, 2.05) is 0 Å². The molecule has 85 heavy (non-hydrogen) atoms. The number of thiol groups is 2. The number of fused-ring (bicyclic) bond motifs is 4. The Labute approximate surface area is 493 Å². The Kier molecular flexibility index (Phi) is 20.8. The summed E-state index contributed by atoms with van der Waals surface area (Å²) in [4.78, 5) is 102. The predicted octanol–water partition coefficient (Wildman–Crippen LogP) is 3.50. The molecule has 3 saturated heterocycles. The van der Waals surface area contributed by atoms with Gasteiger partial charge < -0.3 is 67.5 Å². The van der Waals surface area contributed by atoms with Gasteiger partial charge in [-0.25, -0.2) is 57.8 Å². The van der Waals surface area contributed by atoms with Crippen molar-refractivity contribution in [2.45, 2.75) is 134 Å². The molecule has 0 saturated carbocycles. The van der Waals surface area contributed by atoms with E-state index in [4.69, 9.17) is 59.0 Å². The summed E-state index contributed by atoms with van der Waals surface area (Å²) in [6.07, 6.45) is -11.5. The molecule has 3 fully saturated rings. The number of anilines is 3. The summed E-state index contributed by atoms with van der Waals surface area (Å²) in [7, 11) is 0. The van der Waals surface area contributed by atoms with Gasteiger partial charge in [-0.1, -0.05) is 57.4 Å². The first-order valence-electron chi connectivity index (χ1n) is 26.3. The third kappa shape index (κ3) is 15.9. The number of urea groups is 1. The first-order chi connectivity index (χ1) is 40.3. The summed E-state index contributed by atoms with van der Waals surface area (Å²) < 4.78 is 99.3. The van der Waals surface area contributed by atoms with Crippen molar-refractivity contribution in [3.8, 4) is 0 Å². The molecule has 7 heterocycles. The predicted molar refractivity (Wildman–Crippen MR) is 302 cm³/mol. The molecule has 14 atom stereocenters. The fraction of sp³-hybridized carbons (Fsp3) is 0.532. The van der Waals surface area contributed by atoms with Crippen LogP contribution in [0.2, 0.25) is 0 Å². The average Bonchev–Trinajstić information content (AvgIpc) is 1.79. The van der Waals surface area contributed by atoms with Crippen molar-refractivity contribution in [2.24, 2.45) is 11.7 Å². The highest BCUT2D eigenvalue weighted by atomic mass is 32.7. The Morgan fingerprint density at radius 2 is 1.36 bits per heavy atom. The molecule has 3 aliphatic rings. The van der Waals surface area contributed by atoms with Gasteiger partial charge in [0.25, 0.3) is 0 Å². The smallest absolute Gasteiger partial charge is 0.445 e. The first-order valence-corrected chi connectivity index (χ1v) is 31.7. The molecule has 4 aromatic heterocycles. The van der Waals surface area contributed by atoms with Gasteiger partial charge in [0.15, 0.2) is 47.7 Å². The number of nitrogens with one attached hydrogen (secondary N) is 5. The number of hydrogen-bond donors (Lipinski definition) is 10. The Bertz CT molecular complexity index is 3360. The van der Waals surface area contributed by atoms with Crippen molar-refractivity contribution in [1.29, 1.82) is 0 Å². The number of carbonyl (C=O) groups is 6. The standard InChI is InChI=1S/C47H63FN16O17P2S2/c1-6-29(65)62-31(21(2)3)42(67)61-26(8-7-13-52-45(51)68)41(66)60-25-11-9-24(10-12-25)14-73-46(69)59-22(4)23(5)76-47(70)79-36-35-28(78-44(36)64-20-58-33-38(50)54-18-56-40(33)64)16-75-82(71,84)80-34-27(15-74-83(72,85)81-35)77-43(30(34)48)63-19-57-32-37(49)53-17-55-39(32)63/h9-12,17-23,26-28,30-31,34-36,43-44H,6-8,13-16H2,1-5H3,(H,59,69)(H,60,66)(H,61,67)(H,62,65)(H,71,84)(H,72,85)(H2,49,53,55)(H2,50,54,56)(H3,51,52,68)/t22-,23-,26-,27+,28+,30+,31-,34+,35+,36+,43+,44+,82+,83+/m0/s1. The zero-order valence-corrected chi connectivity index (χ0v) is 49.6. The fourth-order valence-corrected chi connectivity index (χ4v) is 11.9. The Morgan fingerprint density at radius 1 is 0.788 bits per heavy atom. The lowest BCUT2D eigenvalue weighted by Gasteiger charge is -2.29. The van der Waals surface area contributed by atoms with Gasteiger partial charge in [-0.3, -0.25) is 41.6 Å². The number of imidazole rings is 2. The van der Waals surface area contributed by atoms with Crippen LogP contribution in [-0.4, -0.2) is 156 Å². The molecular formula is C47H63FN16O17P2S2. The number of ether oxygens (including phenoxy) is 5. The fourth-order valence-electron chi connectivity index (χ4n) is 8.97. The number of aromatic nitrogens is 8. The number of alkyl carbamates (subject to hydrolysis) is 1. The van der Waals surface area contributed by atoms with Crippen LogP contribution in [-0.2, 0) is 71.9 Å². The van der Waals surface area contributed by atoms with E-state index < -0.39 is 130 Å². The lowest BCUT2D eigenvalue weighted by Crippen LogP contribution is -2.54. The zero-order valence-electron chi connectivity index (χ0n) is 46.0. The molecule has 0 bridgehead atoms. The van der Waals surface area contributed by atoms with E-state index in [2.05, 4.69) is 81.0 Å². The molecule has 38 heteroatoms. The zero-order chi connectivity index (χ0) is 61.5. The lowest BCUT2D eigenvalue weighted by atomic mass is 10.0. The van der Waals surface area contributed by atoms with E-state index in [1.165, 1.54) is 47.8 Å². The van der Waals surface area contributed by atoms with E-state index in [9.17, 15) is 37.9 Å². The summed E-state index contributed by atoms with van der Waals surface area (Å²) in [6, 6.07) is 2.53. The number of nitrogens with two attached hydrogens (primary N) is 3. The number of alkyl halides is 1. The van der Waals surface area contributed by atoms with E-state index in [0.717, 1.165) is 12.7 Å². The van der Waals surface area contributed by atoms with Crippen LogP contribution in [0.4, 0.5) is 36.1 Å². The van der Waals surface area contributed by atoms with Crippen molar-refractivity contribution in [2.75, 3.05) is 36.5 Å².